The van der Waals surface area contributed by atoms with Crippen molar-refractivity contribution in [2.45, 2.75) is 288 Å². The largest absolute Gasteiger partial charge is 0.454 e. The van der Waals surface area contributed by atoms with Crippen LogP contribution >= 0.6 is 0 Å². The minimum atomic E-state index is -1.65. The van der Waals surface area contributed by atoms with Gasteiger partial charge >= 0.3 is 5.97 Å². The molecule has 0 aromatic carbocycles. The highest BCUT2D eigenvalue weighted by molar-refractivity contribution is 5.80. The molecule has 1 aliphatic rings. The van der Waals surface area contributed by atoms with Crippen LogP contribution in [0.2, 0.25) is 0 Å². The summed E-state index contributed by atoms with van der Waals surface area (Å²) in [6.07, 6.45) is 62.9. The number of aliphatic hydroxyl groups excluding tert-OH is 5. The number of nitrogens with one attached hydrogen (secondary N) is 1. The highest BCUT2D eigenvalue weighted by Gasteiger charge is 2.47. The van der Waals surface area contributed by atoms with Crippen LogP contribution in [-0.4, -0.2) is 99.6 Å². The number of allylic oxidation sites excluding steroid dienone is 17. The summed E-state index contributed by atoms with van der Waals surface area (Å²) < 4.78 is 17.5. The third-order valence-corrected chi connectivity index (χ3v) is 14.0. The first-order chi connectivity index (χ1) is 38.2. The summed E-state index contributed by atoms with van der Waals surface area (Å²) in [6.45, 7) is 5.56. The average Bonchev–Trinajstić information content (AvgIpc) is 3.44. The van der Waals surface area contributed by atoms with Crippen LogP contribution in [0.3, 0.4) is 0 Å². The van der Waals surface area contributed by atoms with E-state index in [1.54, 1.807) is 6.08 Å². The zero-order chi connectivity index (χ0) is 56.8. The lowest BCUT2D eigenvalue weighted by Crippen LogP contribution is -2.61. The molecule has 11 nitrogen and oxygen atoms in total. The van der Waals surface area contributed by atoms with Gasteiger partial charge in [-0.3, -0.25) is 9.59 Å². The lowest BCUT2D eigenvalue weighted by atomic mass is 9.99. The molecule has 0 aliphatic carbocycles. The van der Waals surface area contributed by atoms with Gasteiger partial charge in [0.25, 0.3) is 0 Å². The Morgan fingerprint density at radius 2 is 0.974 bits per heavy atom. The van der Waals surface area contributed by atoms with Crippen LogP contribution in [0.25, 0.3) is 0 Å². The molecule has 0 saturated carbocycles. The van der Waals surface area contributed by atoms with Crippen molar-refractivity contribution in [3.05, 3.63) is 109 Å². The molecule has 1 rings (SSSR count). The standard InChI is InChI=1S/C67H113NO10/c1-4-7-10-13-16-19-22-25-26-27-28-29-30-31-32-33-34-35-37-39-42-45-48-51-54-60(71)66(75)68-58(59(70)53-50-47-44-41-38-24-21-18-15-12-9-6-3)57-76-67-65(64(74)63(73)61(56-69)77-67)78-62(72)55-52-49-46-43-40-36-23-20-17-14-11-8-5-2/h8,11,14,16-17,19-20,23,25-26,28-29,36,40,43,46,50,53,58-61,63-65,67,69-71,73-74H,4-7,9-10,12-13,15,18,21-22,24,27,30-35,37-39,41-42,44-45,47-49,51-52,54-57H2,1-3H3,(H,68,75)/b11-8+,17-14+,19-16-,23-20-,26-25-,29-28-,40-36-,46-43+,53-50+. The number of aliphatic hydroxyl groups is 5. The second kappa shape index (κ2) is 53.9. The summed E-state index contributed by atoms with van der Waals surface area (Å²) in [5, 5.41) is 56.9. The molecule has 8 atom stereocenters. The van der Waals surface area contributed by atoms with Gasteiger partial charge in [0.15, 0.2) is 12.4 Å². The van der Waals surface area contributed by atoms with E-state index in [0.29, 0.717) is 19.3 Å². The molecule has 0 radical (unpaired) electrons. The fourth-order valence-electron chi connectivity index (χ4n) is 9.10. The van der Waals surface area contributed by atoms with Crippen molar-refractivity contribution in [3.8, 4) is 0 Å². The first-order valence-corrected chi connectivity index (χ1v) is 31.2. The van der Waals surface area contributed by atoms with Gasteiger partial charge in [0.1, 0.15) is 24.4 Å². The molecule has 8 unspecified atom stereocenters. The van der Waals surface area contributed by atoms with Gasteiger partial charge in [-0.15, -0.1) is 0 Å². The molecule has 1 saturated heterocycles. The number of carbonyl (C=O) groups excluding carboxylic acids is 2. The lowest BCUT2D eigenvalue weighted by Gasteiger charge is -2.41. The van der Waals surface area contributed by atoms with Crippen LogP contribution < -0.4 is 5.32 Å². The minimum absolute atomic E-state index is 0.0223. The number of unbranched alkanes of at least 4 members (excludes halogenated alkanes) is 25. The second-order valence-corrected chi connectivity index (χ2v) is 21.2. The highest BCUT2D eigenvalue weighted by Crippen LogP contribution is 2.26. The second-order valence-electron chi connectivity index (χ2n) is 21.2. The molecule has 0 bridgehead atoms. The van der Waals surface area contributed by atoms with Crippen LogP contribution in [0.15, 0.2) is 109 Å². The maximum absolute atomic E-state index is 13.4. The van der Waals surface area contributed by atoms with E-state index >= 15 is 0 Å². The number of hydrogen-bond acceptors (Lipinski definition) is 10. The van der Waals surface area contributed by atoms with Crippen LogP contribution in [0.5, 0.6) is 0 Å². The predicted octanol–water partition coefficient (Wildman–Crippen LogP) is 14.9. The van der Waals surface area contributed by atoms with Crippen LogP contribution in [0.4, 0.5) is 0 Å². The van der Waals surface area contributed by atoms with Gasteiger partial charge in [-0.05, 0) is 77.0 Å². The molecule has 11 heteroatoms. The van der Waals surface area contributed by atoms with Crippen LogP contribution in [-0.2, 0) is 23.8 Å². The van der Waals surface area contributed by atoms with Crippen molar-refractivity contribution in [2.75, 3.05) is 13.2 Å². The molecule has 78 heavy (non-hydrogen) atoms. The zero-order valence-corrected chi connectivity index (χ0v) is 49.2. The zero-order valence-electron chi connectivity index (χ0n) is 49.2. The SMILES string of the molecule is CC/C=C/C=C/C=C\C=C/C=C/CCCC(=O)OC1C(OCC(NC(=O)C(O)CCCCCCCCCCCCC/C=C\C/C=C\C/C=C\CCCCC)C(O)/C=C/CCCCCCCCCCCC)OC(CO)C(O)C1O. The summed E-state index contributed by atoms with van der Waals surface area (Å²) in [7, 11) is 0. The van der Waals surface area contributed by atoms with E-state index in [9.17, 15) is 35.1 Å². The molecular weight excluding hydrogens is 979 g/mol. The Kier molecular flexibility index (Phi) is 50.0. The van der Waals surface area contributed by atoms with Gasteiger partial charge in [0.05, 0.1) is 25.4 Å². The van der Waals surface area contributed by atoms with E-state index in [4.69, 9.17) is 14.2 Å². The molecule has 1 heterocycles. The van der Waals surface area contributed by atoms with Crippen molar-refractivity contribution in [1.82, 2.24) is 5.32 Å². The van der Waals surface area contributed by atoms with Gasteiger partial charge < -0.3 is 45.1 Å². The van der Waals surface area contributed by atoms with Crippen LogP contribution in [0.1, 0.15) is 239 Å². The number of carbonyl (C=O) groups is 2. The quantitative estimate of drug-likeness (QED) is 0.0149. The van der Waals surface area contributed by atoms with Gasteiger partial charge in [-0.2, -0.15) is 0 Å². The number of hydrogen-bond donors (Lipinski definition) is 6. The van der Waals surface area contributed by atoms with Gasteiger partial charge in [-0.1, -0.05) is 265 Å². The highest BCUT2D eigenvalue weighted by atomic mass is 16.7. The van der Waals surface area contributed by atoms with Crippen LogP contribution in [0, 0.1) is 0 Å². The number of amides is 1. The van der Waals surface area contributed by atoms with E-state index in [1.165, 1.54) is 116 Å². The summed E-state index contributed by atoms with van der Waals surface area (Å²) in [6, 6.07) is -1.05. The van der Waals surface area contributed by atoms with E-state index in [2.05, 4.69) is 68.6 Å². The van der Waals surface area contributed by atoms with Crippen molar-refractivity contribution in [2.24, 2.45) is 0 Å². The summed E-state index contributed by atoms with van der Waals surface area (Å²) in [4.78, 5) is 26.5. The Labute approximate surface area is 475 Å². The predicted molar refractivity (Wildman–Crippen MR) is 324 cm³/mol. The van der Waals surface area contributed by atoms with Gasteiger partial charge in [0, 0.05) is 6.42 Å². The third-order valence-electron chi connectivity index (χ3n) is 14.0. The van der Waals surface area contributed by atoms with E-state index in [0.717, 1.165) is 70.6 Å². The Bertz CT molecular complexity index is 1680. The van der Waals surface area contributed by atoms with Crippen molar-refractivity contribution >= 4 is 11.9 Å². The molecule has 1 amide bonds. The molecule has 446 valence electrons. The molecular formula is C67H113NO10. The van der Waals surface area contributed by atoms with Gasteiger partial charge in [-0.25, -0.2) is 0 Å². The Morgan fingerprint density at radius 3 is 1.51 bits per heavy atom. The van der Waals surface area contributed by atoms with E-state index in [1.807, 2.05) is 60.8 Å². The Balaban J connectivity index is 2.66. The summed E-state index contributed by atoms with van der Waals surface area (Å²) in [5.74, 6) is -1.28. The fraction of sp³-hybridized carbons (Fsp3) is 0.701. The average molecular weight is 1090 g/mol. The van der Waals surface area contributed by atoms with E-state index < -0.39 is 67.4 Å². The number of esters is 1. The van der Waals surface area contributed by atoms with E-state index in [-0.39, 0.29) is 19.4 Å². The maximum Gasteiger partial charge on any atom is 0.306 e. The molecule has 1 fully saturated rings. The summed E-state index contributed by atoms with van der Waals surface area (Å²) >= 11 is 0. The lowest BCUT2D eigenvalue weighted by molar-refractivity contribution is -0.305. The topological polar surface area (TPSA) is 175 Å². The number of ether oxygens (including phenoxy) is 3. The molecule has 0 spiro atoms. The molecule has 1 aliphatic heterocycles. The Morgan fingerprint density at radius 1 is 0.526 bits per heavy atom. The molecule has 0 aromatic rings. The normalized spacial score (nSPS) is 19.7. The first-order valence-electron chi connectivity index (χ1n) is 31.2. The Hall–Kier alpha value is -3.68. The van der Waals surface area contributed by atoms with Crippen molar-refractivity contribution in [1.29, 1.82) is 0 Å². The fourth-order valence-corrected chi connectivity index (χ4v) is 9.10. The van der Waals surface area contributed by atoms with Crippen molar-refractivity contribution in [3.63, 3.8) is 0 Å². The smallest absolute Gasteiger partial charge is 0.306 e. The molecule has 6 N–H and O–H groups in total. The maximum atomic E-state index is 13.4. The third kappa shape index (κ3) is 41.3. The summed E-state index contributed by atoms with van der Waals surface area (Å²) in [5.41, 5.74) is 0. The monoisotopic (exact) mass is 1090 g/mol. The van der Waals surface area contributed by atoms with Gasteiger partial charge in [0.2, 0.25) is 5.91 Å². The number of rotatable bonds is 51. The minimum Gasteiger partial charge on any atom is -0.454 e. The first kappa shape index (κ1) is 72.3. The van der Waals surface area contributed by atoms with Crippen molar-refractivity contribution < 1.29 is 49.3 Å². The molecule has 0 aromatic heterocycles.